The van der Waals surface area contributed by atoms with Crippen molar-refractivity contribution in [3.8, 4) is 0 Å². The summed E-state index contributed by atoms with van der Waals surface area (Å²) in [5.41, 5.74) is -0.533. The third-order valence-corrected chi connectivity index (χ3v) is 4.70. The van der Waals surface area contributed by atoms with E-state index in [9.17, 15) is 4.79 Å². The zero-order valence-corrected chi connectivity index (χ0v) is 11.3. The molecule has 1 nitrogen and oxygen atoms in total. The summed E-state index contributed by atoms with van der Waals surface area (Å²) in [5, 5.41) is 1.44. The predicted octanol–water partition coefficient (Wildman–Crippen LogP) is 3.40. The lowest BCUT2D eigenvalue weighted by atomic mass is 9.76. The van der Waals surface area contributed by atoms with Crippen LogP contribution in [0.3, 0.4) is 0 Å². The molecule has 72 valence electrons. The summed E-state index contributed by atoms with van der Waals surface area (Å²) in [4.78, 5) is 11.9. The molecule has 0 aromatic rings. The normalized spacial score (nSPS) is 13.2. The van der Waals surface area contributed by atoms with Gasteiger partial charge < -0.3 is 0 Å². The summed E-state index contributed by atoms with van der Waals surface area (Å²) >= 11 is 6.71. The fraction of sp³-hybridized carbons (Fsp3) is 0.889. The van der Waals surface area contributed by atoms with E-state index in [1.54, 1.807) is 0 Å². The molecule has 0 aromatic carbocycles. The van der Waals surface area contributed by atoms with E-state index in [2.05, 4.69) is 31.9 Å². The average Bonchev–Trinajstić information content (AvgIpc) is 2.03. The molecular formula is C9H16Br2O. The highest BCUT2D eigenvalue weighted by atomic mass is 79.9. The molecule has 0 atom stereocenters. The van der Waals surface area contributed by atoms with Gasteiger partial charge in [0.1, 0.15) is 5.78 Å². The number of hydrogen-bond acceptors (Lipinski definition) is 1. The monoisotopic (exact) mass is 298 g/mol. The van der Waals surface area contributed by atoms with Crippen molar-refractivity contribution in [2.75, 3.05) is 10.7 Å². The first-order valence-electron chi connectivity index (χ1n) is 3.95. The molecule has 12 heavy (non-hydrogen) atoms. The number of halogens is 2. The van der Waals surface area contributed by atoms with Crippen LogP contribution in [0, 0.1) is 10.8 Å². The predicted molar refractivity (Wildman–Crippen MR) is 60.2 cm³/mol. The molecule has 0 spiro atoms. The van der Waals surface area contributed by atoms with Crippen molar-refractivity contribution >= 4 is 37.6 Å². The van der Waals surface area contributed by atoms with Crippen LogP contribution >= 0.6 is 31.9 Å². The molecular weight excluding hydrogens is 284 g/mol. The molecule has 0 fully saturated rings. The first kappa shape index (κ1) is 12.6. The first-order valence-corrected chi connectivity index (χ1v) is 6.19. The van der Waals surface area contributed by atoms with Gasteiger partial charge in [-0.1, -0.05) is 59.6 Å². The van der Waals surface area contributed by atoms with E-state index in [0.29, 0.717) is 5.78 Å². The standard InChI is InChI=1S/C9H16Br2O/c1-8(2,5-10)7(12)9(3,4)6-11/h5-6H2,1-4H3. The van der Waals surface area contributed by atoms with Crippen LogP contribution in [0.15, 0.2) is 0 Å². The van der Waals surface area contributed by atoms with E-state index in [4.69, 9.17) is 0 Å². The molecule has 0 N–H and O–H groups in total. The lowest BCUT2D eigenvalue weighted by molar-refractivity contribution is -0.133. The summed E-state index contributed by atoms with van der Waals surface area (Å²) in [6.07, 6.45) is 0. The minimum Gasteiger partial charge on any atom is -0.298 e. The number of carbonyl (C=O) groups excluding carboxylic acids is 1. The molecule has 0 rings (SSSR count). The van der Waals surface area contributed by atoms with E-state index in [1.165, 1.54) is 0 Å². The van der Waals surface area contributed by atoms with Gasteiger partial charge in [0.15, 0.2) is 0 Å². The van der Waals surface area contributed by atoms with Gasteiger partial charge in [0.05, 0.1) is 0 Å². The quantitative estimate of drug-likeness (QED) is 0.727. The molecule has 0 aliphatic heterocycles. The fourth-order valence-corrected chi connectivity index (χ4v) is 1.55. The van der Waals surface area contributed by atoms with Crippen molar-refractivity contribution in [1.82, 2.24) is 0 Å². The summed E-state index contributed by atoms with van der Waals surface area (Å²) in [5.74, 6) is 0.295. The second-order valence-corrected chi connectivity index (χ2v) is 5.49. The van der Waals surface area contributed by atoms with Gasteiger partial charge in [0, 0.05) is 21.5 Å². The van der Waals surface area contributed by atoms with Crippen molar-refractivity contribution < 1.29 is 4.79 Å². The number of Topliss-reactive ketones (excluding diaryl/α,β-unsaturated/α-hetero) is 1. The van der Waals surface area contributed by atoms with Crippen molar-refractivity contribution in [3.63, 3.8) is 0 Å². The van der Waals surface area contributed by atoms with Crippen LogP contribution in [0.5, 0.6) is 0 Å². The lowest BCUT2D eigenvalue weighted by Crippen LogP contribution is -2.38. The Morgan fingerprint density at radius 1 is 1.00 bits per heavy atom. The van der Waals surface area contributed by atoms with Crippen LogP contribution in [0.2, 0.25) is 0 Å². The molecule has 0 saturated carbocycles. The van der Waals surface area contributed by atoms with Crippen LogP contribution in [0.1, 0.15) is 27.7 Å². The maximum atomic E-state index is 11.9. The molecule has 3 heteroatoms. The second kappa shape index (κ2) is 4.23. The Labute approximate surface area is 91.6 Å². The maximum Gasteiger partial charge on any atom is 0.145 e. The summed E-state index contributed by atoms with van der Waals surface area (Å²) in [7, 11) is 0. The molecule has 0 unspecified atom stereocenters. The van der Waals surface area contributed by atoms with Crippen LogP contribution < -0.4 is 0 Å². The maximum absolute atomic E-state index is 11.9. The molecule has 0 heterocycles. The smallest absolute Gasteiger partial charge is 0.145 e. The first-order chi connectivity index (χ1) is 5.28. The number of carbonyl (C=O) groups is 1. The Morgan fingerprint density at radius 2 is 1.25 bits per heavy atom. The summed E-state index contributed by atoms with van der Waals surface area (Å²) < 4.78 is 0. The summed E-state index contributed by atoms with van der Waals surface area (Å²) in [6, 6.07) is 0. The third-order valence-electron chi connectivity index (χ3n) is 1.90. The van der Waals surface area contributed by atoms with Gasteiger partial charge in [-0.15, -0.1) is 0 Å². The van der Waals surface area contributed by atoms with Gasteiger partial charge in [-0.3, -0.25) is 4.79 Å². The lowest BCUT2D eigenvalue weighted by Gasteiger charge is -2.30. The average molecular weight is 300 g/mol. The zero-order chi connectivity index (χ0) is 9.99. The summed E-state index contributed by atoms with van der Waals surface area (Å²) in [6.45, 7) is 7.87. The number of hydrogen-bond donors (Lipinski definition) is 0. The topological polar surface area (TPSA) is 17.1 Å². The molecule has 0 aromatic heterocycles. The van der Waals surface area contributed by atoms with E-state index in [1.807, 2.05) is 27.7 Å². The van der Waals surface area contributed by atoms with E-state index in [-0.39, 0.29) is 10.8 Å². The van der Waals surface area contributed by atoms with E-state index in [0.717, 1.165) is 10.7 Å². The highest BCUT2D eigenvalue weighted by Crippen LogP contribution is 2.32. The third kappa shape index (κ3) is 2.84. The van der Waals surface area contributed by atoms with Crippen LogP contribution in [-0.4, -0.2) is 16.4 Å². The molecule has 0 amide bonds. The number of alkyl halides is 2. The second-order valence-electron chi connectivity index (χ2n) is 4.36. The minimum atomic E-state index is -0.267. The van der Waals surface area contributed by atoms with Gasteiger partial charge in [-0.2, -0.15) is 0 Å². The number of rotatable bonds is 4. The molecule has 0 bridgehead atoms. The van der Waals surface area contributed by atoms with Gasteiger partial charge in [0.25, 0.3) is 0 Å². The minimum absolute atomic E-state index is 0.267. The Morgan fingerprint density at radius 3 is 1.42 bits per heavy atom. The Balaban J connectivity index is 4.60. The molecule has 0 saturated heterocycles. The van der Waals surface area contributed by atoms with E-state index < -0.39 is 0 Å². The Kier molecular flexibility index (Phi) is 4.45. The fourth-order valence-electron chi connectivity index (χ4n) is 1.04. The number of ketones is 1. The zero-order valence-electron chi connectivity index (χ0n) is 8.08. The van der Waals surface area contributed by atoms with Gasteiger partial charge in [-0.25, -0.2) is 0 Å². The van der Waals surface area contributed by atoms with Crippen molar-refractivity contribution in [1.29, 1.82) is 0 Å². The van der Waals surface area contributed by atoms with Crippen molar-refractivity contribution in [2.24, 2.45) is 10.8 Å². The largest absolute Gasteiger partial charge is 0.298 e. The van der Waals surface area contributed by atoms with Crippen LogP contribution in [0.25, 0.3) is 0 Å². The van der Waals surface area contributed by atoms with Gasteiger partial charge in [-0.05, 0) is 0 Å². The highest BCUT2D eigenvalue weighted by Gasteiger charge is 2.37. The SMILES string of the molecule is CC(C)(CBr)C(=O)C(C)(C)CBr. The van der Waals surface area contributed by atoms with Gasteiger partial charge >= 0.3 is 0 Å². The molecule has 0 aliphatic carbocycles. The highest BCUT2D eigenvalue weighted by molar-refractivity contribution is 9.09. The van der Waals surface area contributed by atoms with Crippen molar-refractivity contribution in [3.05, 3.63) is 0 Å². The Hall–Kier alpha value is 0.630. The van der Waals surface area contributed by atoms with Gasteiger partial charge in [0.2, 0.25) is 0 Å². The van der Waals surface area contributed by atoms with Crippen LogP contribution in [-0.2, 0) is 4.79 Å². The Bertz CT molecular complexity index is 155. The van der Waals surface area contributed by atoms with Crippen LogP contribution in [0.4, 0.5) is 0 Å². The van der Waals surface area contributed by atoms with E-state index >= 15 is 0 Å². The molecule has 0 radical (unpaired) electrons. The van der Waals surface area contributed by atoms with Crippen molar-refractivity contribution in [2.45, 2.75) is 27.7 Å². The molecule has 0 aliphatic rings.